The van der Waals surface area contributed by atoms with E-state index in [1.807, 2.05) is 20.8 Å². The number of nitrogens with zero attached hydrogens (tertiary/aromatic N) is 1. The van der Waals surface area contributed by atoms with E-state index in [9.17, 15) is 22.8 Å². The Bertz CT molecular complexity index is 1660. The summed E-state index contributed by atoms with van der Waals surface area (Å²) < 4.78 is 58.3. The number of amides is 1. The Balaban J connectivity index is 1.79. The molecule has 5 rings (SSSR count). The maximum Gasteiger partial charge on any atom is 0.416 e. The van der Waals surface area contributed by atoms with Crippen molar-refractivity contribution in [2.75, 3.05) is 18.1 Å². The molecule has 0 fully saturated rings. The van der Waals surface area contributed by atoms with Crippen molar-refractivity contribution in [2.45, 2.75) is 39.9 Å². The molecule has 0 saturated heterocycles. The molecular weight excluding hydrogens is 511 g/mol. The molecule has 202 valence electrons. The van der Waals surface area contributed by atoms with E-state index < -0.39 is 29.1 Å². The fourth-order valence-electron chi connectivity index (χ4n) is 4.88. The van der Waals surface area contributed by atoms with Crippen LogP contribution in [0.15, 0.2) is 63.8 Å². The van der Waals surface area contributed by atoms with Crippen molar-refractivity contribution in [2.24, 2.45) is 0 Å². The molecule has 0 bridgehead atoms. The maximum absolute atomic E-state index is 13.9. The van der Waals surface area contributed by atoms with Gasteiger partial charge in [-0.15, -0.1) is 0 Å². The molecule has 0 N–H and O–H groups in total. The lowest BCUT2D eigenvalue weighted by molar-refractivity contribution is -0.137. The molecule has 1 atom stereocenters. The minimum absolute atomic E-state index is 0.0195. The van der Waals surface area contributed by atoms with Crippen LogP contribution in [-0.2, 0) is 6.18 Å². The van der Waals surface area contributed by atoms with Gasteiger partial charge in [0.1, 0.15) is 5.58 Å². The Morgan fingerprint density at radius 2 is 1.59 bits per heavy atom. The van der Waals surface area contributed by atoms with Gasteiger partial charge in [0.05, 0.1) is 35.8 Å². The van der Waals surface area contributed by atoms with Gasteiger partial charge in [-0.3, -0.25) is 14.5 Å². The third-order valence-electron chi connectivity index (χ3n) is 6.82. The number of ether oxygens (including phenoxy) is 2. The number of carbonyl (C=O) groups excluding carboxylic acids is 1. The highest BCUT2D eigenvalue weighted by atomic mass is 19.4. The second-order valence-electron chi connectivity index (χ2n) is 9.30. The summed E-state index contributed by atoms with van der Waals surface area (Å²) in [6.45, 7) is 8.06. The van der Waals surface area contributed by atoms with E-state index >= 15 is 0 Å². The SMILES string of the molecule is CCOc1ccc(C2c3c(oc4cc(C)c(C)cc4c3=O)C(=O)N2c2cccc(C(F)(F)F)c2)cc1OCC. The molecule has 1 aliphatic rings. The first-order chi connectivity index (χ1) is 18.5. The molecule has 0 aliphatic carbocycles. The lowest BCUT2D eigenvalue weighted by atomic mass is 9.96. The third-order valence-corrected chi connectivity index (χ3v) is 6.82. The zero-order valence-electron chi connectivity index (χ0n) is 21.8. The van der Waals surface area contributed by atoms with Crippen molar-refractivity contribution >= 4 is 22.6 Å². The topological polar surface area (TPSA) is 69.0 Å². The molecule has 1 unspecified atom stereocenters. The minimum atomic E-state index is -4.62. The molecule has 0 radical (unpaired) electrons. The van der Waals surface area contributed by atoms with E-state index in [1.165, 1.54) is 17.0 Å². The highest BCUT2D eigenvalue weighted by molar-refractivity contribution is 6.10. The number of hydrogen-bond acceptors (Lipinski definition) is 5. The second kappa shape index (κ2) is 9.80. The van der Waals surface area contributed by atoms with Crippen LogP contribution in [-0.4, -0.2) is 19.1 Å². The van der Waals surface area contributed by atoms with Crippen molar-refractivity contribution in [3.05, 3.63) is 98.4 Å². The molecule has 3 aromatic carbocycles. The van der Waals surface area contributed by atoms with E-state index in [1.54, 1.807) is 37.3 Å². The molecule has 1 aliphatic heterocycles. The molecule has 2 heterocycles. The van der Waals surface area contributed by atoms with Crippen LogP contribution < -0.4 is 19.8 Å². The van der Waals surface area contributed by atoms with Crippen LogP contribution in [0.3, 0.4) is 0 Å². The molecule has 6 nitrogen and oxygen atoms in total. The van der Waals surface area contributed by atoms with E-state index in [2.05, 4.69) is 0 Å². The summed E-state index contributed by atoms with van der Waals surface area (Å²) in [5.74, 6) is -0.0586. The molecule has 1 aromatic heterocycles. The summed E-state index contributed by atoms with van der Waals surface area (Å²) in [6.07, 6.45) is -4.62. The van der Waals surface area contributed by atoms with Crippen LogP contribution in [0.4, 0.5) is 18.9 Å². The van der Waals surface area contributed by atoms with Crippen LogP contribution in [0.1, 0.15) is 58.3 Å². The van der Waals surface area contributed by atoms with E-state index in [0.29, 0.717) is 30.3 Å². The van der Waals surface area contributed by atoms with Gasteiger partial charge in [-0.25, -0.2) is 0 Å². The van der Waals surface area contributed by atoms with Crippen LogP contribution in [0.25, 0.3) is 11.0 Å². The first-order valence-corrected chi connectivity index (χ1v) is 12.5. The number of fused-ring (bicyclic) bond motifs is 2. The number of aryl methyl sites for hydroxylation is 2. The van der Waals surface area contributed by atoms with Gasteiger partial charge in [0, 0.05) is 5.69 Å². The largest absolute Gasteiger partial charge is 0.490 e. The highest BCUT2D eigenvalue weighted by Gasteiger charge is 2.44. The van der Waals surface area contributed by atoms with Gasteiger partial charge in [0.25, 0.3) is 5.91 Å². The van der Waals surface area contributed by atoms with Crippen LogP contribution >= 0.6 is 0 Å². The zero-order valence-corrected chi connectivity index (χ0v) is 21.8. The fraction of sp³-hybridized carbons (Fsp3) is 0.267. The number of halogens is 3. The Morgan fingerprint density at radius 1 is 0.897 bits per heavy atom. The number of hydrogen-bond donors (Lipinski definition) is 0. The van der Waals surface area contributed by atoms with E-state index in [0.717, 1.165) is 23.3 Å². The number of alkyl halides is 3. The first kappa shape index (κ1) is 26.3. The van der Waals surface area contributed by atoms with Crippen molar-refractivity contribution in [3.63, 3.8) is 0 Å². The molecule has 39 heavy (non-hydrogen) atoms. The Hall–Kier alpha value is -4.27. The van der Waals surface area contributed by atoms with Crippen LogP contribution in [0.2, 0.25) is 0 Å². The van der Waals surface area contributed by atoms with Gasteiger partial charge >= 0.3 is 6.18 Å². The predicted molar refractivity (Wildman–Crippen MR) is 141 cm³/mol. The maximum atomic E-state index is 13.9. The Labute approximate surface area is 222 Å². The van der Waals surface area contributed by atoms with Gasteiger partial charge in [-0.2, -0.15) is 13.2 Å². The molecule has 1 amide bonds. The average molecular weight is 538 g/mol. The van der Waals surface area contributed by atoms with Gasteiger partial charge in [0.2, 0.25) is 5.76 Å². The fourth-order valence-corrected chi connectivity index (χ4v) is 4.88. The smallest absolute Gasteiger partial charge is 0.416 e. The monoisotopic (exact) mass is 537 g/mol. The number of benzene rings is 3. The first-order valence-electron chi connectivity index (χ1n) is 12.5. The molecular formula is C30H26F3NO5. The summed E-state index contributed by atoms with van der Waals surface area (Å²) in [5, 5.41) is 0.288. The zero-order chi connectivity index (χ0) is 28.1. The van der Waals surface area contributed by atoms with Gasteiger partial charge in [-0.1, -0.05) is 12.1 Å². The van der Waals surface area contributed by atoms with Crippen LogP contribution in [0.5, 0.6) is 11.5 Å². The van der Waals surface area contributed by atoms with Gasteiger partial charge < -0.3 is 13.9 Å². The lowest BCUT2D eigenvalue weighted by Gasteiger charge is -2.26. The normalized spacial score (nSPS) is 15.1. The summed E-state index contributed by atoms with van der Waals surface area (Å²) in [7, 11) is 0. The van der Waals surface area contributed by atoms with Crippen molar-refractivity contribution < 1.29 is 31.9 Å². The highest BCUT2D eigenvalue weighted by Crippen LogP contribution is 2.44. The minimum Gasteiger partial charge on any atom is -0.490 e. The van der Waals surface area contributed by atoms with Crippen molar-refractivity contribution in [1.82, 2.24) is 0 Å². The average Bonchev–Trinajstić information content (AvgIpc) is 3.18. The Kier molecular flexibility index (Phi) is 6.62. The van der Waals surface area contributed by atoms with E-state index in [4.69, 9.17) is 13.9 Å². The molecule has 4 aromatic rings. The summed E-state index contributed by atoms with van der Waals surface area (Å²) >= 11 is 0. The van der Waals surface area contributed by atoms with Gasteiger partial charge in [-0.05, 0) is 86.8 Å². The number of rotatable bonds is 6. The molecule has 0 saturated carbocycles. The number of anilines is 1. The summed E-state index contributed by atoms with van der Waals surface area (Å²) in [4.78, 5) is 28.9. The predicted octanol–water partition coefficient (Wildman–Crippen LogP) is 6.98. The second-order valence-corrected chi connectivity index (χ2v) is 9.30. The lowest BCUT2D eigenvalue weighted by Crippen LogP contribution is -2.29. The van der Waals surface area contributed by atoms with Crippen molar-refractivity contribution in [3.8, 4) is 11.5 Å². The summed E-state index contributed by atoms with van der Waals surface area (Å²) in [5.41, 5.74) is 1.13. The standard InChI is InChI=1S/C30H26F3NO5/c1-5-37-22-11-10-18(14-24(22)38-6-2)26-25-27(35)21-12-16(3)17(4)13-23(21)39-28(25)29(36)34(26)20-9-7-8-19(15-20)30(31,32)33/h7-15,26H,5-6H2,1-4H3. The summed E-state index contributed by atoms with van der Waals surface area (Å²) in [6, 6.07) is 11.8. The Morgan fingerprint density at radius 3 is 2.28 bits per heavy atom. The van der Waals surface area contributed by atoms with Crippen LogP contribution in [0, 0.1) is 13.8 Å². The third kappa shape index (κ3) is 4.51. The quantitative estimate of drug-likeness (QED) is 0.266. The van der Waals surface area contributed by atoms with Gasteiger partial charge in [0.15, 0.2) is 16.9 Å². The van der Waals surface area contributed by atoms with E-state index in [-0.39, 0.29) is 28.0 Å². The number of carbonyl (C=O) groups is 1. The van der Waals surface area contributed by atoms with Crippen molar-refractivity contribution in [1.29, 1.82) is 0 Å². The molecule has 0 spiro atoms. The molecule has 9 heteroatoms.